The number of aromatic nitrogens is 1. The van der Waals surface area contributed by atoms with E-state index in [0.29, 0.717) is 13.0 Å². The molecule has 6 nitrogen and oxygen atoms in total. The van der Waals surface area contributed by atoms with E-state index in [1.807, 2.05) is 36.5 Å². The van der Waals surface area contributed by atoms with Gasteiger partial charge in [-0.15, -0.1) is 0 Å². The molecule has 0 radical (unpaired) electrons. The molecule has 3 N–H and O–H groups in total. The molecule has 2 aromatic rings. The Labute approximate surface area is 198 Å². The third-order valence-corrected chi connectivity index (χ3v) is 5.85. The zero-order chi connectivity index (χ0) is 24.2. The molecule has 1 aliphatic rings. The number of hydrogen-bond acceptors (Lipinski definition) is 5. The summed E-state index contributed by atoms with van der Waals surface area (Å²) in [6.07, 6.45) is 3.31. The summed E-state index contributed by atoms with van der Waals surface area (Å²) < 4.78 is 6.20. The van der Waals surface area contributed by atoms with Crippen molar-refractivity contribution in [3.63, 3.8) is 0 Å². The van der Waals surface area contributed by atoms with Crippen molar-refractivity contribution >= 4 is 5.91 Å². The van der Waals surface area contributed by atoms with Crippen LogP contribution < -0.4 is 15.4 Å². The average molecular weight is 454 g/mol. The largest absolute Gasteiger partial charge is 0.486 e. The van der Waals surface area contributed by atoms with E-state index in [0.717, 1.165) is 35.4 Å². The number of pyridine rings is 1. The van der Waals surface area contributed by atoms with Crippen LogP contribution in [0.1, 0.15) is 70.8 Å². The molecule has 1 amide bonds. The van der Waals surface area contributed by atoms with Gasteiger partial charge in [0.15, 0.2) is 0 Å². The topological polar surface area (TPSA) is 83.5 Å². The van der Waals surface area contributed by atoms with Gasteiger partial charge in [0.05, 0.1) is 18.3 Å². The van der Waals surface area contributed by atoms with E-state index < -0.39 is 6.10 Å². The van der Waals surface area contributed by atoms with Gasteiger partial charge in [-0.2, -0.15) is 0 Å². The Balaban J connectivity index is 1.75. The van der Waals surface area contributed by atoms with E-state index in [2.05, 4.69) is 56.3 Å². The van der Waals surface area contributed by atoms with E-state index in [-0.39, 0.29) is 29.0 Å². The molecule has 0 spiro atoms. The molecular weight excluding hydrogens is 414 g/mol. The molecule has 3 atom stereocenters. The van der Waals surface area contributed by atoms with Gasteiger partial charge in [0.2, 0.25) is 5.91 Å². The first-order chi connectivity index (χ1) is 15.4. The number of aliphatic hydroxyl groups excluding tert-OH is 1. The monoisotopic (exact) mass is 453 g/mol. The van der Waals surface area contributed by atoms with Gasteiger partial charge in [-0.25, -0.2) is 0 Å². The Morgan fingerprint density at radius 2 is 1.97 bits per heavy atom. The summed E-state index contributed by atoms with van der Waals surface area (Å²) >= 11 is 0. The molecule has 2 heterocycles. The number of hydrogen-bond donors (Lipinski definition) is 3. The summed E-state index contributed by atoms with van der Waals surface area (Å²) in [5.41, 5.74) is 2.99. The first-order valence-corrected chi connectivity index (χ1v) is 11.8. The minimum atomic E-state index is -0.737. The highest BCUT2D eigenvalue weighted by atomic mass is 16.5. The predicted molar refractivity (Wildman–Crippen MR) is 131 cm³/mol. The lowest BCUT2D eigenvalue weighted by molar-refractivity contribution is -0.120. The minimum absolute atomic E-state index is 0.0230. The highest BCUT2D eigenvalue weighted by Crippen LogP contribution is 2.39. The number of nitrogens with zero attached hydrogens (tertiary/aromatic N) is 1. The fourth-order valence-corrected chi connectivity index (χ4v) is 4.44. The van der Waals surface area contributed by atoms with Crippen LogP contribution in [0.4, 0.5) is 0 Å². The van der Waals surface area contributed by atoms with Gasteiger partial charge in [-0.3, -0.25) is 9.78 Å². The van der Waals surface area contributed by atoms with Crippen LogP contribution >= 0.6 is 0 Å². The summed E-state index contributed by atoms with van der Waals surface area (Å²) in [5.74, 6) is 0.643. The van der Waals surface area contributed by atoms with Gasteiger partial charge in [-0.05, 0) is 43.7 Å². The Kier molecular flexibility index (Phi) is 7.80. The maximum atomic E-state index is 11.8. The van der Waals surface area contributed by atoms with Crippen LogP contribution in [-0.4, -0.2) is 40.3 Å². The second kappa shape index (κ2) is 10.2. The van der Waals surface area contributed by atoms with Crippen molar-refractivity contribution in [3.05, 3.63) is 59.4 Å². The maximum absolute atomic E-state index is 11.8. The van der Waals surface area contributed by atoms with Crippen molar-refractivity contribution in [2.45, 2.75) is 84.6 Å². The number of amides is 1. The van der Waals surface area contributed by atoms with Crippen molar-refractivity contribution in [3.8, 4) is 5.75 Å². The summed E-state index contributed by atoms with van der Waals surface area (Å²) in [6, 6.07) is 11.7. The number of ether oxygens (including phenoxy) is 1. The van der Waals surface area contributed by atoms with Crippen molar-refractivity contribution < 1.29 is 14.6 Å². The second-order valence-corrected chi connectivity index (χ2v) is 11.0. The molecule has 180 valence electrons. The second-order valence-electron chi connectivity index (χ2n) is 11.0. The smallest absolute Gasteiger partial charge is 0.217 e. The van der Waals surface area contributed by atoms with Crippen molar-refractivity contribution in [2.24, 2.45) is 5.41 Å². The first-order valence-electron chi connectivity index (χ1n) is 11.8. The van der Waals surface area contributed by atoms with Crippen LogP contribution in [-0.2, 0) is 17.6 Å². The van der Waals surface area contributed by atoms with E-state index >= 15 is 0 Å². The molecule has 1 aromatic heterocycles. The molecule has 0 unspecified atom stereocenters. The normalized spacial score (nSPS) is 19.2. The molecule has 0 fully saturated rings. The lowest BCUT2D eigenvalue weighted by Gasteiger charge is -2.38. The number of benzene rings is 1. The third-order valence-electron chi connectivity index (χ3n) is 5.85. The van der Waals surface area contributed by atoms with E-state index in [1.165, 1.54) is 6.92 Å². The van der Waals surface area contributed by atoms with Gasteiger partial charge >= 0.3 is 0 Å². The molecule has 33 heavy (non-hydrogen) atoms. The lowest BCUT2D eigenvalue weighted by Crippen LogP contribution is -2.49. The maximum Gasteiger partial charge on any atom is 0.217 e. The summed E-state index contributed by atoms with van der Waals surface area (Å²) in [6.45, 7) is 12.6. The van der Waals surface area contributed by atoms with Crippen LogP contribution in [0.25, 0.3) is 0 Å². The van der Waals surface area contributed by atoms with Crippen LogP contribution in [0.2, 0.25) is 0 Å². The van der Waals surface area contributed by atoms with Gasteiger partial charge in [-0.1, -0.05) is 51.1 Å². The van der Waals surface area contributed by atoms with Gasteiger partial charge in [0.25, 0.3) is 0 Å². The third kappa shape index (κ3) is 7.54. The molecular formula is C27H39N3O3. The predicted octanol–water partition coefficient (Wildman–Crippen LogP) is 3.97. The molecule has 0 saturated heterocycles. The molecule has 0 aliphatic carbocycles. The minimum Gasteiger partial charge on any atom is -0.486 e. The quantitative estimate of drug-likeness (QED) is 0.563. The van der Waals surface area contributed by atoms with E-state index in [4.69, 9.17) is 4.74 Å². The van der Waals surface area contributed by atoms with Gasteiger partial charge in [0, 0.05) is 37.2 Å². The fraction of sp³-hybridized carbons (Fsp3) is 0.556. The molecule has 1 aliphatic heterocycles. The highest BCUT2D eigenvalue weighted by molar-refractivity contribution is 5.73. The number of fused-ring (bicyclic) bond motifs is 1. The Morgan fingerprint density at radius 1 is 1.27 bits per heavy atom. The average Bonchev–Trinajstić information content (AvgIpc) is 2.70. The van der Waals surface area contributed by atoms with Gasteiger partial charge < -0.3 is 20.5 Å². The number of rotatable bonds is 8. The molecule has 3 rings (SSSR count). The first kappa shape index (κ1) is 25.2. The Bertz CT molecular complexity index is 937. The highest BCUT2D eigenvalue weighted by Gasteiger charge is 2.35. The van der Waals surface area contributed by atoms with Crippen LogP contribution in [0, 0.1) is 5.41 Å². The summed E-state index contributed by atoms with van der Waals surface area (Å²) in [4.78, 5) is 16.4. The Hall–Kier alpha value is -2.44. The van der Waals surface area contributed by atoms with Crippen molar-refractivity contribution in [2.75, 3.05) is 6.54 Å². The summed E-state index contributed by atoms with van der Waals surface area (Å²) in [7, 11) is 0. The molecule has 1 aromatic carbocycles. The molecule has 6 heteroatoms. The van der Waals surface area contributed by atoms with Crippen LogP contribution in [0.3, 0.4) is 0 Å². The standard InChI is InChI=1S/C27H39N3O3/c1-18(31)30-22(12-19-10-8-7-9-11-19)24(32)16-29-23-15-27(5,6)33-25-17-28-20(13-21(23)25)14-26(2,3)4/h7-11,13,17,22-24,29,32H,12,14-16H2,1-6H3,(H,30,31)/t22-,23-,24+/m0/s1. The Morgan fingerprint density at radius 3 is 2.61 bits per heavy atom. The summed E-state index contributed by atoms with van der Waals surface area (Å²) in [5, 5.41) is 17.5. The van der Waals surface area contributed by atoms with E-state index in [9.17, 15) is 9.90 Å². The number of aliphatic hydroxyl groups is 1. The van der Waals surface area contributed by atoms with Crippen molar-refractivity contribution in [1.29, 1.82) is 0 Å². The molecule has 0 saturated carbocycles. The van der Waals surface area contributed by atoms with Gasteiger partial charge in [0.1, 0.15) is 11.4 Å². The van der Waals surface area contributed by atoms with Crippen molar-refractivity contribution in [1.82, 2.24) is 15.6 Å². The van der Waals surface area contributed by atoms with Crippen LogP contribution in [0.15, 0.2) is 42.6 Å². The zero-order valence-corrected chi connectivity index (χ0v) is 20.8. The zero-order valence-electron chi connectivity index (χ0n) is 20.8. The number of nitrogens with one attached hydrogen (secondary N) is 2. The molecule has 0 bridgehead atoms. The number of carbonyl (C=O) groups is 1. The number of carbonyl (C=O) groups excluding carboxylic acids is 1. The van der Waals surface area contributed by atoms with Crippen LogP contribution in [0.5, 0.6) is 5.75 Å². The SMILES string of the molecule is CC(=O)N[C@@H](Cc1ccccc1)[C@H](O)CN[C@H]1CC(C)(C)Oc2cnc(CC(C)(C)C)cc21. The fourth-order valence-electron chi connectivity index (χ4n) is 4.44. The lowest BCUT2D eigenvalue weighted by atomic mass is 9.87. The van der Waals surface area contributed by atoms with E-state index in [1.54, 1.807) is 0 Å².